The molecule has 21 heavy (non-hydrogen) atoms. The molecule has 6 nitrogen and oxygen atoms in total. The largest absolute Gasteiger partial charge is 0.451 e. The minimum absolute atomic E-state index is 0.0685. The summed E-state index contributed by atoms with van der Waals surface area (Å²) in [6.07, 6.45) is -2.45. The molecular formula is C12H14F3N5O. The number of rotatable bonds is 6. The maximum absolute atomic E-state index is 12.8. The number of nitrogens with zero attached hydrogens (tertiary/aromatic N) is 3. The summed E-state index contributed by atoms with van der Waals surface area (Å²) in [5.41, 5.74) is 0.560. The Bertz CT molecular complexity index is 571. The molecule has 0 aromatic carbocycles. The lowest BCUT2D eigenvalue weighted by molar-refractivity contribution is -0.144. The fourth-order valence-corrected chi connectivity index (χ4v) is 1.52. The van der Waals surface area contributed by atoms with E-state index in [1.165, 1.54) is 12.3 Å². The summed E-state index contributed by atoms with van der Waals surface area (Å²) in [5.74, 6) is -0.994. The lowest BCUT2D eigenvalue weighted by Crippen LogP contribution is -2.15. The van der Waals surface area contributed by atoms with Gasteiger partial charge in [-0.25, -0.2) is 9.97 Å². The van der Waals surface area contributed by atoms with Crippen molar-refractivity contribution in [3.8, 4) is 0 Å². The number of nitrogens with one attached hydrogen (secondary N) is 2. The van der Waals surface area contributed by atoms with Crippen molar-refractivity contribution in [2.75, 3.05) is 17.2 Å². The minimum atomic E-state index is -4.60. The Kier molecular flexibility index (Phi) is 4.61. The van der Waals surface area contributed by atoms with E-state index in [0.29, 0.717) is 12.2 Å². The fraction of sp³-hybridized carbons (Fsp3) is 0.417. The summed E-state index contributed by atoms with van der Waals surface area (Å²) < 4.78 is 43.0. The van der Waals surface area contributed by atoms with Crippen molar-refractivity contribution in [3.63, 3.8) is 0 Å². The van der Waals surface area contributed by atoms with Crippen molar-refractivity contribution >= 4 is 11.6 Å². The molecule has 2 N–H and O–H groups in total. The highest BCUT2D eigenvalue weighted by Gasteiger charge is 2.35. The molecule has 0 unspecified atom stereocenters. The predicted molar refractivity (Wildman–Crippen MR) is 69.6 cm³/mol. The zero-order chi connectivity index (χ0) is 15.3. The van der Waals surface area contributed by atoms with Gasteiger partial charge < -0.3 is 15.2 Å². The van der Waals surface area contributed by atoms with Crippen LogP contribution < -0.4 is 10.6 Å². The number of halogens is 3. The van der Waals surface area contributed by atoms with Gasteiger partial charge in [-0.15, -0.1) is 0 Å². The van der Waals surface area contributed by atoms with Crippen molar-refractivity contribution in [1.29, 1.82) is 0 Å². The Morgan fingerprint density at radius 2 is 1.90 bits per heavy atom. The van der Waals surface area contributed by atoms with Crippen LogP contribution in [0.5, 0.6) is 0 Å². The van der Waals surface area contributed by atoms with Gasteiger partial charge in [-0.1, -0.05) is 12.1 Å². The fourth-order valence-electron chi connectivity index (χ4n) is 1.52. The monoisotopic (exact) mass is 301 g/mol. The molecule has 0 bridgehead atoms. The summed E-state index contributed by atoms with van der Waals surface area (Å²) in [7, 11) is 0. The lowest BCUT2D eigenvalue weighted by atomic mass is 10.4. The van der Waals surface area contributed by atoms with Gasteiger partial charge >= 0.3 is 6.18 Å². The molecule has 2 aromatic heterocycles. The van der Waals surface area contributed by atoms with Crippen LogP contribution in [0.3, 0.4) is 0 Å². The van der Waals surface area contributed by atoms with Crippen molar-refractivity contribution < 1.29 is 17.7 Å². The molecule has 0 atom stereocenters. The smallest absolute Gasteiger partial charge is 0.370 e. The van der Waals surface area contributed by atoms with Gasteiger partial charge in [-0.05, 0) is 6.42 Å². The van der Waals surface area contributed by atoms with E-state index in [9.17, 15) is 13.2 Å². The second-order valence-corrected chi connectivity index (χ2v) is 4.23. The molecule has 2 aromatic rings. The van der Waals surface area contributed by atoms with Crippen LogP contribution in [-0.4, -0.2) is 21.7 Å². The van der Waals surface area contributed by atoms with Gasteiger partial charge in [0, 0.05) is 18.7 Å². The minimum Gasteiger partial charge on any atom is -0.370 e. The molecular weight excluding hydrogens is 287 g/mol. The van der Waals surface area contributed by atoms with Gasteiger partial charge in [0.25, 0.3) is 0 Å². The number of aromatic nitrogens is 3. The van der Waals surface area contributed by atoms with Crippen LogP contribution >= 0.6 is 0 Å². The van der Waals surface area contributed by atoms with E-state index in [1.54, 1.807) is 6.07 Å². The molecule has 0 aliphatic heterocycles. The van der Waals surface area contributed by atoms with E-state index in [1.807, 2.05) is 6.92 Å². The van der Waals surface area contributed by atoms with Crippen LogP contribution in [0, 0.1) is 0 Å². The second-order valence-electron chi connectivity index (χ2n) is 4.23. The summed E-state index contributed by atoms with van der Waals surface area (Å²) >= 11 is 0. The second kappa shape index (κ2) is 6.42. The Morgan fingerprint density at radius 1 is 1.19 bits per heavy atom. The molecule has 0 spiro atoms. The summed E-state index contributed by atoms with van der Waals surface area (Å²) in [6, 6.07) is 3.03. The molecule has 0 aliphatic carbocycles. The first-order valence-corrected chi connectivity index (χ1v) is 6.32. The molecule has 2 heterocycles. The first-order chi connectivity index (χ1) is 9.99. The van der Waals surface area contributed by atoms with Gasteiger partial charge in [0.1, 0.15) is 23.6 Å². The first-order valence-electron chi connectivity index (χ1n) is 6.32. The number of alkyl halides is 3. The molecule has 0 fully saturated rings. The van der Waals surface area contributed by atoms with Crippen molar-refractivity contribution in [2.24, 2.45) is 0 Å². The lowest BCUT2D eigenvalue weighted by Gasteiger charge is -2.12. The maximum atomic E-state index is 12.8. The summed E-state index contributed by atoms with van der Waals surface area (Å²) in [4.78, 5) is 6.93. The van der Waals surface area contributed by atoms with E-state index in [0.717, 1.165) is 6.42 Å². The normalized spacial score (nSPS) is 11.4. The summed E-state index contributed by atoms with van der Waals surface area (Å²) in [6.45, 7) is 2.64. The molecule has 0 saturated carbocycles. The Morgan fingerprint density at radius 3 is 2.48 bits per heavy atom. The number of hydrogen-bond donors (Lipinski definition) is 2. The topological polar surface area (TPSA) is 75.9 Å². The third kappa shape index (κ3) is 4.33. The van der Waals surface area contributed by atoms with Gasteiger partial charge in [-0.3, -0.25) is 0 Å². The highest BCUT2D eigenvalue weighted by molar-refractivity contribution is 5.48. The molecule has 0 aliphatic rings. The molecule has 114 valence electrons. The van der Waals surface area contributed by atoms with E-state index in [-0.39, 0.29) is 18.2 Å². The molecule has 0 radical (unpaired) electrons. The summed E-state index contributed by atoms with van der Waals surface area (Å²) in [5, 5.41) is 9.23. The van der Waals surface area contributed by atoms with E-state index in [2.05, 4.69) is 30.3 Å². The molecule has 9 heteroatoms. The zero-order valence-corrected chi connectivity index (χ0v) is 11.2. The van der Waals surface area contributed by atoms with E-state index < -0.39 is 12.0 Å². The maximum Gasteiger partial charge on any atom is 0.451 e. The molecule has 2 rings (SSSR count). The van der Waals surface area contributed by atoms with Crippen molar-refractivity contribution in [1.82, 2.24) is 15.1 Å². The predicted octanol–water partition coefficient (Wildman–Crippen LogP) is 2.92. The van der Waals surface area contributed by atoms with Gasteiger partial charge in [0.05, 0.1) is 6.54 Å². The number of anilines is 2. The third-order valence-corrected chi connectivity index (χ3v) is 2.48. The Hall–Kier alpha value is -2.32. The van der Waals surface area contributed by atoms with Crippen molar-refractivity contribution in [3.05, 3.63) is 29.9 Å². The van der Waals surface area contributed by atoms with E-state index >= 15 is 0 Å². The Balaban J connectivity index is 2.17. The zero-order valence-electron chi connectivity index (χ0n) is 11.2. The van der Waals surface area contributed by atoms with Crippen molar-refractivity contribution in [2.45, 2.75) is 26.1 Å². The van der Waals surface area contributed by atoms with Crippen LogP contribution in [0.2, 0.25) is 0 Å². The van der Waals surface area contributed by atoms with Crippen LogP contribution in [0.1, 0.15) is 24.9 Å². The van der Waals surface area contributed by atoms with Crippen LogP contribution in [0.25, 0.3) is 0 Å². The third-order valence-electron chi connectivity index (χ3n) is 2.48. The highest BCUT2D eigenvalue weighted by atomic mass is 19.4. The molecule has 0 saturated heterocycles. The SMILES string of the molecule is CCCNc1cc(NCc2ccon2)nc(C(F)(F)F)n1. The quantitative estimate of drug-likeness (QED) is 0.854. The van der Waals surface area contributed by atoms with E-state index in [4.69, 9.17) is 0 Å². The van der Waals surface area contributed by atoms with Crippen LogP contribution in [-0.2, 0) is 12.7 Å². The average molecular weight is 301 g/mol. The van der Waals surface area contributed by atoms with Gasteiger partial charge in [0.2, 0.25) is 5.82 Å². The van der Waals surface area contributed by atoms with Gasteiger partial charge in [-0.2, -0.15) is 13.2 Å². The molecule has 0 amide bonds. The standard InChI is InChI=1S/C12H14F3N5O/c1-2-4-16-9-6-10(17-7-8-3-5-21-20-8)19-11(18-9)12(13,14)15/h3,5-6H,2,4,7H2,1H3,(H2,16,17,18,19). The van der Waals surface area contributed by atoms with Gasteiger partial charge in [0.15, 0.2) is 0 Å². The number of hydrogen-bond acceptors (Lipinski definition) is 6. The van der Waals surface area contributed by atoms with Crippen LogP contribution in [0.4, 0.5) is 24.8 Å². The first kappa shape index (κ1) is 15.1. The van der Waals surface area contributed by atoms with Crippen LogP contribution in [0.15, 0.2) is 22.9 Å². The Labute approximate surface area is 118 Å². The average Bonchev–Trinajstić information content (AvgIpc) is 2.95. The highest BCUT2D eigenvalue weighted by Crippen LogP contribution is 2.28.